The van der Waals surface area contributed by atoms with Crippen LogP contribution in [0, 0.1) is 24.2 Å². The van der Waals surface area contributed by atoms with Gasteiger partial charge < -0.3 is 15.5 Å². The molecular weight excluding hydrogens is 468 g/mol. The molecule has 1 saturated carbocycles. The average Bonchev–Trinajstić information content (AvgIpc) is 3.38. The number of rotatable bonds is 10. The zero-order valence-corrected chi connectivity index (χ0v) is 23.0. The third kappa shape index (κ3) is 8.82. The van der Waals surface area contributed by atoms with E-state index in [9.17, 15) is 14.4 Å². The zero-order chi connectivity index (χ0) is 27.0. The first kappa shape index (κ1) is 29.1. The Morgan fingerprint density at radius 1 is 1.03 bits per heavy atom. The molecule has 3 amide bonds. The summed E-state index contributed by atoms with van der Waals surface area (Å²) in [6, 6.07) is 8.19. The standard InChI is InChI=1S/C29H46N4O4/c1-20-9-11-22(12-10-20)19-30-24-13-15-33(16-14-24)28(36)26(29(2,3)4)31-27(35)23(18-25(34)32-37)17-21-7-5-6-8-21/h9-12,21,23-24,26,30,37H,5-8,13-19H2,1-4H3,(H,31,35)(H,32,34)/t23?,26-/m1/s1. The van der Waals surface area contributed by atoms with Gasteiger partial charge in [-0.15, -0.1) is 0 Å². The van der Waals surface area contributed by atoms with E-state index in [1.807, 2.05) is 25.7 Å². The van der Waals surface area contributed by atoms with Crippen molar-refractivity contribution in [2.45, 2.75) is 97.7 Å². The van der Waals surface area contributed by atoms with E-state index in [0.717, 1.165) is 45.1 Å². The molecule has 0 aromatic heterocycles. The lowest BCUT2D eigenvalue weighted by Gasteiger charge is -2.39. The SMILES string of the molecule is Cc1ccc(CNC2CCN(C(=O)[C@@H](NC(=O)C(CC(=O)NO)CC3CCCC3)C(C)(C)C)CC2)cc1. The molecule has 1 aliphatic carbocycles. The van der Waals surface area contributed by atoms with Crippen molar-refractivity contribution >= 4 is 17.7 Å². The smallest absolute Gasteiger partial charge is 0.245 e. The number of carbonyl (C=O) groups excluding carboxylic acids is 3. The Bertz CT molecular complexity index is 897. The van der Waals surface area contributed by atoms with Crippen molar-refractivity contribution in [3.05, 3.63) is 35.4 Å². The van der Waals surface area contributed by atoms with E-state index in [-0.39, 0.29) is 18.2 Å². The summed E-state index contributed by atoms with van der Waals surface area (Å²) in [5.74, 6) is -1.08. The zero-order valence-electron chi connectivity index (χ0n) is 23.0. The molecule has 1 heterocycles. The average molecular weight is 515 g/mol. The number of nitrogens with one attached hydrogen (secondary N) is 3. The van der Waals surface area contributed by atoms with Gasteiger partial charge in [-0.05, 0) is 43.1 Å². The van der Waals surface area contributed by atoms with Gasteiger partial charge in [0, 0.05) is 38.0 Å². The topological polar surface area (TPSA) is 111 Å². The minimum atomic E-state index is -0.680. The number of aryl methyl sites for hydroxylation is 1. The molecule has 0 bridgehead atoms. The number of carbonyl (C=O) groups is 3. The van der Waals surface area contributed by atoms with Crippen LogP contribution < -0.4 is 16.1 Å². The Kier molecular flexibility index (Phi) is 10.5. The van der Waals surface area contributed by atoms with Crippen LogP contribution in [0.25, 0.3) is 0 Å². The molecule has 2 fully saturated rings. The van der Waals surface area contributed by atoms with Crippen LogP contribution in [0.15, 0.2) is 24.3 Å². The molecule has 3 rings (SSSR count). The van der Waals surface area contributed by atoms with Gasteiger partial charge in [0.1, 0.15) is 6.04 Å². The molecule has 1 aromatic carbocycles. The molecule has 0 spiro atoms. The van der Waals surface area contributed by atoms with Crippen molar-refractivity contribution in [2.75, 3.05) is 13.1 Å². The predicted octanol–water partition coefficient (Wildman–Crippen LogP) is 3.70. The summed E-state index contributed by atoms with van der Waals surface area (Å²) in [5.41, 5.74) is 3.68. The van der Waals surface area contributed by atoms with Crippen LogP contribution in [0.2, 0.25) is 0 Å². The van der Waals surface area contributed by atoms with Gasteiger partial charge in [0.25, 0.3) is 0 Å². The molecule has 2 atom stereocenters. The van der Waals surface area contributed by atoms with Gasteiger partial charge >= 0.3 is 0 Å². The number of hydrogen-bond acceptors (Lipinski definition) is 5. The lowest BCUT2D eigenvalue weighted by Crippen LogP contribution is -2.58. The van der Waals surface area contributed by atoms with Crippen LogP contribution in [0.4, 0.5) is 0 Å². The second-order valence-corrected chi connectivity index (χ2v) is 12.1. The van der Waals surface area contributed by atoms with Gasteiger partial charge in [-0.1, -0.05) is 76.3 Å². The Morgan fingerprint density at radius 2 is 1.65 bits per heavy atom. The highest BCUT2D eigenvalue weighted by molar-refractivity contribution is 5.91. The summed E-state index contributed by atoms with van der Waals surface area (Å²) >= 11 is 0. The molecule has 37 heavy (non-hydrogen) atoms. The molecule has 1 saturated heterocycles. The van der Waals surface area contributed by atoms with E-state index in [1.54, 1.807) is 5.48 Å². The predicted molar refractivity (Wildman–Crippen MR) is 144 cm³/mol. The minimum Gasteiger partial charge on any atom is -0.344 e. The van der Waals surface area contributed by atoms with Crippen LogP contribution in [0.3, 0.4) is 0 Å². The van der Waals surface area contributed by atoms with E-state index in [4.69, 9.17) is 5.21 Å². The van der Waals surface area contributed by atoms with Gasteiger partial charge in [0.05, 0.1) is 0 Å². The lowest BCUT2D eigenvalue weighted by molar-refractivity contribution is -0.142. The number of likely N-dealkylation sites (tertiary alicyclic amines) is 1. The molecule has 2 aliphatic rings. The molecule has 0 radical (unpaired) electrons. The summed E-state index contributed by atoms with van der Waals surface area (Å²) in [5, 5.41) is 15.7. The van der Waals surface area contributed by atoms with Gasteiger partial charge in [-0.25, -0.2) is 5.48 Å². The first-order valence-electron chi connectivity index (χ1n) is 13.9. The fraction of sp³-hybridized carbons (Fsp3) is 0.690. The quantitative estimate of drug-likeness (QED) is 0.281. The van der Waals surface area contributed by atoms with Crippen molar-refractivity contribution in [1.82, 2.24) is 21.0 Å². The van der Waals surface area contributed by atoms with Crippen molar-refractivity contribution in [1.29, 1.82) is 0 Å². The fourth-order valence-electron chi connectivity index (χ4n) is 5.56. The highest BCUT2D eigenvalue weighted by Gasteiger charge is 2.38. The summed E-state index contributed by atoms with van der Waals surface area (Å²) in [7, 11) is 0. The Labute approximate surface area is 221 Å². The fourth-order valence-corrected chi connectivity index (χ4v) is 5.56. The number of hydrogen-bond donors (Lipinski definition) is 4. The summed E-state index contributed by atoms with van der Waals surface area (Å²) in [6.07, 6.45) is 6.64. The molecule has 206 valence electrons. The maximum atomic E-state index is 13.6. The van der Waals surface area contributed by atoms with E-state index >= 15 is 0 Å². The second kappa shape index (κ2) is 13.4. The molecule has 8 heteroatoms. The van der Waals surface area contributed by atoms with Crippen LogP contribution in [-0.4, -0.2) is 53.0 Å². The summed E-state index contributed by atoms with van der Waals surface area (Å²) in [6.45, 7) is 10.0. The first-order chi connectivity index (χ1) is 17.6. The number of amides is 3. The highest BCUT2D eigenvalue weighted by atomic mass is 16.5. The second-order valence-electron chi connectivity index (χ2n) is 12.1. The molecule has 1 aliphatic heterocycles. The Hall–Kier alpha value is -2.45. The van der Waals surface area contributed by atoms with E-state index in [1.165, 1.54) is 11.1 Å². The van der Waals surface area contributed by atoms with Crippen molar-refractivity contribution in [3.63, 3.8) is 0 Å². The van der Waals surface area contributed by atoms with Gasteiger partial charge in [-0.2, -0.15) is 0 Å². The molecule has 4 N–H and O–H groups in total. The van der Waals surface area contributed by atoms with Crippen LogP contribution in [0.5, 0.6) is 0 Å². The highest BCUT2D eigenvalue weighted by Crippen LogP contribution is 2.32. The maximum Gasteiger partial charge on any atom is 0.245 e. The largest absolute Gasteiger partial charge is 0.344 e. The monoisotopic (exact) mass is 514 g/mol. The number of piperidine rings is 1. The Morgan fingerprint density at radius 3 is 2.22 bits per heavy atom. The third-order valence-corrected chi connectivity index (χ3v) is 7.94. The van der Waals surface area contributed by atoms with Crippen molar-refractivity contribution in [2.24, 2.45) is 17.3 Å². The number of nitrogens with zero attached hydrogens (tertiary/aromatic N) is 1. The van der Waals surface area contributed by atoms with Crippen LogP contribution >= 0.6 is 0 Å². The minimum absolute atomic E-state index is 0.0657. The normalized spacial score (nSPS) is 18.9. The summed E-state index contributed by atoms with van der Waals surface area (Å²) in [4.78, 5) is 40.8. The molecule has 1 aromatic rings. The van der Waals surface area contributed by atoms with Crippen molar-refractivity contribution < 1.29 is 19.6 Å². The summed E-state index contributed by atoms with van der Waals surface area (Å²) < 4.78 is 0. The number of benzene rings is 1. The molecule has 8 nitrogen and oxygen atoms in total. The van der Waals surface area contributed by atoms with E-state index < -0.39 is 23.3 Å². The van der Waals surface area contributed by atoms with E-state index in [2.05, 4.69) is 41.8 Å². The Balaban J connectivity index is 1.57. The van der Waals surface area contributed by atoms with Crippen LogP contribution in [0.1, 0.15) is 83.3 Å². The molecule has 1 unspecified atom stereocenters. The van der Waals surface area contributed by atoms with Crippen molar-refractivity contribution in [3.8, 4) is 0 Å². The molecular formula is C29H46N4O4. The van der Waals surface area contributed by atoms with E-state index in [0.29, 0.717) is 31.5 Å². The first-order valence-corrected chi connectivity index (χ1v) is 13.9. The third-order valence-electron chi connectivity index (χ3n) is 7.94. The van der Waals surface area contributed by atoms with Gasteiger partial charge in [0.15, 0.2) is 0 Å². The van der Waals surface area contributed by atoms with Gasteiger partial charge in [-0.3, -0.25) is 19.6 Å². The number of hydroxylamine groups is 1. The van der Waals surface area contributed by atoms with Gasteiger partial charge in [0.2, 0.25) is 17.7 Å². The van der Waals surface area contributed by atoms with Crippen LogP contribution in [-0.2, 0) is 20.9 Å². The maximum absolute atomic E-state index is 13.6. The lowest BCUT2D eigenvalue weighted by atomic mass is 9.84.